The Morgan fingerprint density at radius 3 is 2.46 bits per heavy atom. The Kier molecular flexibility index (Phi) is 5.33. The average Bonchev–Trinajstić information content (AvgIpc) is 3.05. The minimum absolute atomic E-state index is 0.00210. The summed E-state index contributed by atoms with van der Waals surface area (Å²) in [6, 6.07) is 17.6. The molecule has 0 saturated carbocycles. The normalized spacial score (nSPS) is 21.0. The van der Waals surface area contributed by atoms with E-state index < -0.39 is 10.0 Å². The van der Waals surface area contributed by atoms with Crippen molar-refractivity contribution in [3.63, 3.8) is 0 Å². The number of ether oxygens (including phenoxy) is 1. The Bertz CT molecular complexity index is 757. The Morgan fingerprint density at radius 2 is 1.75 bits per heavy atom. The maximum Gasteiger partial charge on any atom is 0.215 e. The van der Waals surface area contributed by atoms with Crippen LogP contribution in [0.3, 0.4) is 0 Å². The number of sulfonamides is 1. The van der Waals surface area contributed by atoms with Gasteiger partial charge in [-0.1, -0.05) is 60.2 Å². The molecular formula is C19H23NO3S. The number of rotatable bonds is 6. The van der Waals surface area contributed by atoms with Crippen LogP contribution in [0.1, 0.15) is 35.6 Å². The molecule has 5 heteroatoms. The third-order valence-electron chi connectivity index (χ3n) is 4.29. The fourth-order valence-electron chi connectivity index (χ4n) is 2.94. The van der Waals surface area contributed by atoms with E-state index in [1.54, 1.807) is 0 Å². The lowest BCUT2D eigenvalue weighted by molar-refractivity contribution is 0.0478. The minimum atomic E-state index is -3.35. The predicted octanol–water partition coefficient (Wildman–Crippen LogP) is 3.33. The second-order valence-electron chi connectivity index (χ2n) is 6.33. The molecule has 0 unspecified atom stereocenters. The minimum Gasteiger partial charge on any atom is -0.369 e. The number of hydrogen-bond donors (Lipinski definition) is 1. The number of aryl methyl sites for hydroxylation is 1. The topological polar surface area (TPSA) is 55.4 Å². The molecule has 24 heavy (non-hydrogen) atoms. The molecular weight excluding hydrogens is 322 g/mol. The summed E-state index contributed by atoms with van der Waals surface area (Å²) in [5.41, 5.74) is 3.07. The van der Waals surface area contributed by atoms with Crippen LogP contribution in [-0.4, -0.2) is 21.1 Å². The van der Waals surface area contributed by atoms with Gasteiger partial charge in [0.2, 0.25) is 10.0 Å². The molecule has 0 bridgehead atoms. The monoisotopic (exact) mass is 345 g/mol. The van der Waals surface area contributed by atoms with Gasteiger partial charge in [0, 0.05) is 6.54 Å². The predicted molar refractivity (Wildman–Crippen MR) is 95.1 cm³/mol. The highest BCUT2D eigenvalue weighted by Gasteiger charge is 2.27. The number of hydrogen-bond acceptors (Lipinski definition) is 3. The molecule has 2 atom stereocenters. The van der Waals surface area contributed by atoms with Gasteiger partial charge >= 0.3 is 0 Å². The van der Waals surface area contributed by atoms with E-state index in [2.05, 4.69) is 16.9 Å². The maximum atomic E-state index is 12.2. The van der Waals surface area contributed by atoms with Crippen LogP contribution in [0.25, 0.3) is 0 Å². The molecule has 0 spiro atoms. The smallest absolute Gasteiger partial charge is 0.215 e. The van der Waals surface area contributed by atoms with Crippen LogP contribution in [0.2, 0.25) is 0 Å². The molecule has 0 amide bonds. The second kappa shape index (κ2) is 7.47. The maximum absolute atomic E-state index is 12.2. The van der Waals surface area contributed by atoms with Crippen LogP contribution >= 0.6 is 0 Å². The van der Waals surface area contributed by atoms with Gasteiger partial charge in [-0.25, -0.2) is 13.1 Å². The molecule has 2 aromatic carbocycles. The van der Waals surface area contributed by atoms with Gasteiger partial charge in [0.05, 0.1) is 18.0 Å². The van der Waals surface area contributed by atoms with Gasteiger partial charge in [0.1, 0.15) is 0 Å². The van der Waals surface area contributed by atoms with Crippen molar-refractivity contribution in [3.8, 4) is 0 Å². The van der Waals surface area contributed by atoms with Gasteiger partial charge in [0.25, 0.3) is 0 Å². The van der Waals surface area contributed by atoms with Crippen molar-refractivity contribution in [3.05, 3.63) is 71.3 Å². The summed E-state index contributed by atoms with van der Waals surface area (Å²) in [6.07, 6.45) is 1.79. The summed E-state index contributed by atoms with van der Waals surface area (Å²) in [7, 11) is -3.35. The van der Waals surface area contributed by atoms with Crippen molar-refractivity contribution >= 4 is 10.0 Å². The van der Waals surface area contributed by atoms with Crippen molar-refractivity contribution in [2.24, 2.45) is 0 Å². The van der Waals surface area contributed by atoms with Gasteiger partial charge in [-0.3, -0.25) is 0 Å². The van der Waals surface area contributed by atoms with Crippen LogP contribution in [0.4, 0.5) is 0 Å². The first-order valence-corrected chi connectivity index (χ1v) is 9.90. The molecule has 0 aliphatic carbocycles. The Morgan fingerprint density at radius 1 is 1.04 bits per heavy atom. The average molecular weight is 345 g/mol. The summed E-state index contributed by atoms with van der Waals surface area (Å²) in [4.78, 5) is 0. The lowest BCUT2D eigenvalue weighted by Gasteiger charge is -2.15. The lowest BCUT2D eigenvalue weighted by atomic mass is 10.1. The second-order valence-corrected chi connectivity index (χ2v) is 8.13. The third-order valence-corrected chi connectivity index (χ3v) is 5.61. The molecule has 1 N–H and O–H groups in total. The van der Waals surface area contributed by atoms with E-state index in [-0.39, 0.29) is 18.0 Å². The van der Waals surface area contributed by atoms with Gasteiger partial charge in [-0.2, -0.15) is 0 Å². The van der Waals surface area contributed by atoms with Crippen molar-refractivity contribution in [2.75, 3.05) is 6.54 Å². The highest BCUT2D eigenvalue weighted by Crippen LogP contribution is 2.32. The summed E-state index contributed by atoms with van der Waals surface area (Å²) in [5, 5.41) is 0. The summed E-state index contributed by atoms with van der Waals surface area (Å²) in [5.74, 6) is 0.00210. The van der Waals surface area contributed by atoms with E-state index in [0.717, 1.165) is 29.5 Å². The molecule has 4 nitrogen and oxygen atoms in total. The van der Waals surface area contributed by atoms with Crippen molar-refractivity contribution in [2.45, 2.75) is 37.7 Å². The molecule has 0 radical (unpaired) electrons. The van der Waals surface area contributed by atoms with E-state index in [4.69, 9.17) is 4.74 Å². The standard InChI is InChI=1S/C19H23NO3S/c1-15-7-9-16(10-8-15)14-24(21,22)20-13-18-11-12-19(23-18)17-5-3-2-4-6-17/h2-10,18-20H,11-14H2,1H3/t18-,19-/m0/s1. The van der Waals surface area contributed by atoms with Crippen LogP contribution in [0.5, 0.6) is 0 Å². The Labute approximate surface area is 143 Å². The van der Waals surface area contributed by atoms with E-state index in [1.165, 1.54) is 0 Å². The number of nitrogens with one attached hydrogen (secondary N) is 1. The summed E-state index contributed by atoms with van der Waals surface area (Å²) < 4.78 is 33.1. The largest absolute Gasteiger partial charge is 0.369 e. The Hall–Kier alpha value is -1.69. The molecule has 128 valence electrons. The third kappa shape index (κ3) is 4.66. The molecule has 1 aliphatic heterocycles. The van der Waals surface area contributed by atoms with Crippen molar-refractivity contribution < 1.29 is 13.2 Å². The molecule has 3 rings (SSSR count). The van der Waals surface area contributed by atoms with E-state index in [1.807, 2.05) is 49.4 Å². The lowest BCUT2D eigenvalue weighted by Crippen LogP contribution is -2.32. The first-order chi connectivity index (χ1) is 11.5. The highest BCUT2D eigenvalue weighted by molar-refractivity contribution is 7.88. The van der Waals surface area contributed by atoms with E-state index in [0.29, 0.717) is 6.54 Å². The molecule has 1 aliphatic rings. The first kappa shape index (κ1) is 17.1. The quantitative estimate of drug-likeness (QED) is 0.874. The fraction of sp³-hybridized carbons (Fsp3) is 0.368. The number of benzene rings is 2. The van der Waals surface area contributed by atoms with Crippen molar-refractivity contribution in [1.82, 2.24) is 4.72 Å². The zero-order valence-corrected chi connectivity index (χ0v) is 14.6. The molecule has 0 aromatic heterocycles. The molecule has 2 aromatic rings. The summed E-state index contributed by atoms with van der Waals surface area (Å²) in [6.45, 7) is 2.31. The van der Waals surface area contributed by atoms with Gasteiger partial charge in [0.15, 0.2) is 0 Å². The summed E-state index contributed by atoms with van der Waals surface area (Å²) >= 11 is 0. The zero-order valence-electron chi connectivity index (χ0n) is 13.8. The van der Waals surface area contributed by atoms with E-state index in [9.17, 15) is 8.42 Å². The Balaban J connectivity index is 1.51. The molecule has 1 fully saturated rings. The van der Waals surface area contributed by atoms with Crippen LogP contribution in [-0.2, 0) is 20.5 Å². The van der Waals surface area contributed by atoms with Crippen LogP contribution < -0.4 is 4.72 Å². The molecule has 1 heterocycles. The van der Waals surface area contributed by atoms with E-state index >= 15 is 0 Å². The van der Waals surface area contributed by atoms with Crippen LogP contribution in [0.15, 0.2) is 54.6 Å². The SMILES string of the molecule is Cc1ccc(CS(=O)(=O)NC[C@@H]2CC[C@@H](c3ccccc3)O2)cc1. The zero-order chi connectivity index (χ0) is 17.0. The molecule has 1 saturated heterocycles. The van der Waals surface area contributed by atoms with Crippen molar-refractivity contribution in [1.29, 1.82) is 0 Å². The van der Waals surface area contributed by atoms with Crippen LogP contribution in [0, 0.1) is 6.92 Å². The van der Waals surface area contributed by atoms with Gasteiger partial charge < -0.3 is 4.74 Å². The van der Waals surface area contributed by atoms with Gasteiger partial charge in [-0.05, 0) is 30.9 Å². The highest BCUT2D eigenvalue weighted by atomic mass is 32.2. The first-order valence-electron chi connectivity index (χ1n) is 8.25. The fourth-order valence-corrected chi connectivity index (χ4v) is 4.12. The van der Waals surface area contributed by atoms with Gasteiger partial charge in [-0.15, -0.1) is 0 Å².